The van der Waals surface area contributed by atoms with Crippen molar-refractivity contribution in [2.24, 2.45) is 5.92 Å². The summed E-state index contributed by atoms with van der Waals surface area (Å²) in [5.41, 5.74) is 0. The Hall–Kier alpha value is -0.200. The van der Waals surface area contributed by atoms with E-state index in [1.807, 2.05) is 0 Å². The summed E-state index contributed by atoms with van der Waals surface area (Å²) in [6.07, 6.45) is -4.25. The number of rotatable bonds is 1. The normalized spacial score (nSPS) is 52.2. The van der Waals surface area contributed by atoms with Crippen molar-refractivity contribution in [2.45, 2.75) is 37.4 Å². The first-order valence-electron chi connectivity index (χ1n) is 4.40. The maximum absolute atomic E-state index is 9.60. The Labute approximate surface area is 77.0 Å². The molecule has 0 aromatic carbocycles. The lowest BCUT2D eigenvalue weighted by Crippen LogP contribution is -2.64. The lowest BCUT2D eigenvalue weighted by molar-refractivity contribution is -0.160. The molecular weight excluding hydrogens is 174 g/mol. The van der Waals surface area contributed by atoms with Crippen LogP contribution < -0.4 is 5.32 Å². The van der Waals surface area contributed by atoms with Crippen LogP contribution in [0.3, 0.4) is 0 Å². The highest BCUT2D eigenvalue weighted by Crippen LogP contribution is 2.25. The van der Waals surface area contributed by atoms with E-state index in [4.69, 9.17) is 0 Å². The van der Waals surface area contributed by atoms with Crippen LogP contribution in [-0.2, 0) is 0 Å². The molecule has 0 heterocycles. The Morgan fingerprint density at radius 1 is 0.846 bits per heavy atom. The SMILES string of the molecule is CNC1C(O)C(C)C(O)C(O)C1O. The molecule has 1 rings (SSSR count). The smallest absolute Gasteiger partial charge is 0.108 e. The summed E-state index contributed by atoms with van der Waals surface area (Å²) in [7, 11) is 1.59. The second-order valence-corrected chi connectivity index (χ2v) is 3.64. The Bertz CT molecular complexity index is 162. The topological polar surface area (TPSA) is 93.0 Å². The van der Waals surface area contributed by atoms with Gasteiger partial charge in [-0.25, -0.2) is 0 Å². The van der Waals surface area contributed by atoms with Crippen molar-refractivity contribution >= 4 is 0 Å². The van der Waals surface area contributed by atoms with Crippen LogP contribution in [-0.4, -0.2) is 57.9 Å². The van der Waals surface area contributed by atoms with Gasteiger partial charge < -0.3 is 25.7 Å². The van der Waals surface area contributed by atoms with Gasteiger partial charge in [0.1, 0.15) is 12.2 Å². The number of aliphatic hydroxyl groups excluding tert-OH is 4. The van der Waals surface area contributed by atoms with E-state index in [0.29, 0.717) is 0 Å². The van der Waals surface area contributed by atoms with Crippen LogP contribution in [0.25, 0.3) is 0 Å². The standard InChI is InChI=1S/C8H17NO4/c1-3-5(10)4(9-2)7(12)8(13)6(3)11/h3-13H,1-2H3. The monoisotopic (exact) mass is 191 g/mol. The summed E-state index contributed by atoms with van der Waals surface area (Å²) in [5.74, 6) is -0.448. The van der Waals surface area contributed by atoms with Gasteiger partial charge >= 0.3 is 0 Å². The summed E-state index contributed by atoms with van der Waals surface area (Å²) < 4.78 is 0. The van der Waals surface area contributed by atoms with Gasteiger partial charge in [-0.2, -0.15) is 0 Å². The Morgan fingerprint density at radius 3 is 1.85 bits per heavy atom. The van der Waals surface area contributed by atoms with Crippen molar-refractivity contribution < 1.29 is 20.4 Å². The molecule has 0 spiro atoms. The lowest BCUT2D eigenvalue weighted by Gasteiger charge is -2.42. The zero-order valence-electron chi connectivity index (χ0n) is 7.75. The second kappa shape index (κ2) is 3.89. The fourth-order valence-electron chi connectivity index (χ4n) is 1.80. The first-order chi connectivity index (χ1) is 6.00. The van der Waals surface area contributed by atoms with Gasteiger partial charge in [0.2, 0.25) is 0 Å². The lowest BCUT2D eigenvalue weighted by atomic mass is 9.78. The number of aliphatic hydroxyl groups is 4. The van der Waals surface area contributed by atoms with Crippen LogP contribution in [0.15, 0.2) is 0 Å². The van der Waals surface area contributed by atoms with E-state index in [2.05, 4.69) is 5.32 Å². The largest absolute Gasteiger partial charge is 0.391 e. The van der Waals surface area contributed by atoms with E-state index in [9.17, 15) is 20.4 Å². The minimum atomic E-state index is -1.20. The predicted octanol–water partition coefficient (Wildman–Crippen LogP) is -2.33. The van der Waals surface area contributed by atoms with Crippen LogP contribution in [0.5, 0.6) is 0 Å². The number of hydrogen-bond donors (Lipinski definition) is 5. The Morgan fingerprint density at radius 2 is 1.38 bits per heavy atom. The van der Waals surface area contributed by atoms with Gasteiger partial charge in [-0.05, 0) is 7.05 Å². The molecule has 0 aromatic heterocycles. The summed E-state index contributed by atoms with van der Waals surface area (Å²) in [5, 5.41) is 40.6. The Balaban J connectivity index is 2.79. The van der Waals surface area contributed by atoms with Crippen LogP contribution in [0.2, 0.25) is 0 Å². The predicted molar refractivity (Wildman–Crippen MR) is 46.0 cm³/mol. The van der Waals surface area contributed by atoms with Crippen molar-refractivity contribution in [3.63, 3.8) is 0 Å². The highest BCUT2D eigenvalue weighted by atomic mass is 16.4. The van der Waals surface area contributed by atoms with Gasteiger partial charge in [0.05, 0.1) is 18.2 Å². The fraction of sp³-hybridized carbons (Fsp3) is 1.00. The van der Waals surface area contributed by atoms with Gasteiger partial charge in [-0.1, -0.05) is 6.92 Å². The molecule has 1 fully saturated rings. The maximum atomic E-state index is 9.60. The molecule has 1 saturated carbocycles. The minimum absolute atomic E-state index is 0.448. The van der Waals surface area contributed by atoms with Crippen molar-refractivity contribution in [3.05, 3.63) is 0 Å². The first kappa shape index (κ1) is 10.9. The quantitative estimate of drug-likeness (QED) is 0.320. The number of hydrogen-bond acceptors (Lipinski definition) is 5. The van der Waals surface area contributed by atoms with Crippen LogP contribution >= 0.6 is 0 Å². The molecule has 0 aromatic rings. The van der Waals surface area contributed by atoms with E-state index in [1.165, 1.54) is 0 Å². The third-order valence-electron chi connectivity index (χ3n) is 2.85. The van der Waals surface area contributed by atoms with E-state index < -0.39 is 36.4 Å². The van der Waals surface area contributed by atoms with Gasteiger partial charge in [0, 0.05) is 5.92 Å². The van der Waals surface area contributed by atoms with Gasteiger partial charge in [-0.3, -0.25) is 0 Å². The summed E-state index contributed by atoms with van der Waals surface area (Å²) in [4.78, 5) is 0. The molecule has 0 aliphatic heterocycles. The molecular formula is C8H17NO4. The first-order valence-corrected chi connectivity index (χ1v) is 4.40. The molecule has 0 amide bonds. The van der Waals surface area contributed by atoms with Gasteiger partial charge in [0.15, 0.2) is 0 Å². The zero-order valence-corrected chi connectivity index (χ0v) is 7.75. The van der Waals surface area contributed by atoms with Crippen LogP contribution in [0.4, 0.5) is 0 Å². The highest BCUT2D eigenvalue weighted by molar-refractivity contribution is 4.99. The highest BCUT2D eigenvalue weighted by Gasteiger charge is 2.45. The van der Waals surface area contributed by atoms with Crippen molar-refractivity contribution in [1.29, 1.82) is 0 Å². The molecule has 0 bridgehead atoms. The zero-order chi connectivity index (χ0) is 10.2. The van der Waals surface area contributed by atoms with Crippen LogP contribution in [0, 0.1) is 5.92 Å². The fourth-order valence-corrected chi connectivity index (χ4v) is 1.80. The molecule has 1 aliphatic carbocycles. The average molecular weight is 191 g/mol. The molecule has 5 heteroatoms. The van der Waals surface area contributed by atoms with Gasteiger partial charge in [0.25, 0.3) is 0 Å². The number of nitrogens with one attached hydrogen (secondary N) is 1. The van der Waals surface area contributed by atoms with E-state index in [-0.39, 0.29) is 0 Å². The molecule has 5 nitrogen and oxygen atoms in total. The van der Waals surface area contributed by atoms with Gasteiger partial charge in [-0.15, -0.1) is 0 Å². The average Bonchev–Trinajstić information content (AvgIpc) is 2.13. The molecule has 6 atom stereocenters. The molecule has 78 valence electrons. The molecule has 5 N–H and O–H groups in total. The number of likely N-dealkylation sites (N-methyl/N-ethyl adjacent to an activating group) is 1. The third-order valence-corrected chi connectivity index (χ3v) is 2.85. The molecule has 1 aliphatic rings. The summed E-state index contributed by atoms with van der Waals surface area (Å²) in [6.45, 7) is 1.63. The summed E-state index contributed by atoms with van der Waals surface area (Å²) >= 11 is 0. The summed E-state index contributed by atoms with van der Waals surface area (Å²) in [6, 6.07) is -0.589. The van der Waals surface area contributed by atoms with Crippen molar-refractivity contribution in [3.8, 4) is 0 Å². The Kier molecular flexibility index (Phi) is 3.26. The van der Waals surface area contributed by atoms with Crippen molar-refractivity contribution in [2.75, 3.05) is 7.05 Å². The molecule has 0 radical (unpaired) electrons. The minimum Gasteiger partial charge on any atom is -0.391 e. The molecule has 6 unspecified atom stereocenters. The van der Waals surface area contributed by atoms with E-state index in [0.717, 1.165) is 0 Å². The second-order valence-electron chi connectivity index (χ2n) is 3.64. The van der Waals surface area contributed by atoms with E-state index in [1.54, 1.807) is 14.0 Å². The third kappa shape index (κ3) is 1.70. The van der Waals surface area contributed by atoms with Crippen LogP contribution in [0.1, 0.15) is 6.92 Å². The maximum Gasteiger partial charge on any atom is 0.108 e. The molecule has 13 heavy (non-hydrogen) atoms. The van der Waals surface area contributed by atoms with Crippen molar-refractivity contribution in [1.82, 2.24) is 5.32 Å². The molecule has 0 saturated heterocycles. The van der Waals surface area contributed by atoms with E-state index >= 15 is 0 Å².